The Kier molecular flexibility index (Phi) is 3.89. The molecule has 1 heterocycles. The van der Waals surface area contributed by atoms with Gasteiger partial charge in [0, 0.05) is 23.3 Å². The Hall–Kier alpha value is -2.82. The number of phenols is 2. The first-order valence-corrected chi connectivity index (χ1v) is 10.5. The Balaban J connectivity index is 1.83. The molecule has 3 fully saturated rings. The van der Waals surface area contributed by atoms with Gasteiger partial charge >= 0.3 is 0 Å². The van der Waals surface area contributed by atoms with Gasteiger partial charge in [-0.2, -0.15) is 0 Å². The summed E-state index contributed by atoms with van der Waals surface area (Å²) in [5, 5.41) is 21.6. The molecule has 2 N–H and O–H groups in total. The molecule has 0 amide bonds. The van der Waals surface area contributed by atoms with Crippen LogP contribution in [0.15, 0.2) is 30.3 Å². The van der Waals surface area contributed by atoms with Crippen LogP contribution in [0.2, 0.25) is 0 Å². The maximum atomic E-state index is 12.0. The fraction of sp³-hybridized carbons (Fsp3) is 0.440. The number of carbonyl (C=O) groups is 2. The smallest absolute Gasteiger partial charge is 0.157 e. The fourth-order valence-corrected chi connectivity index (χ4v) is 6.66. The maximum absolute atomic E-state index is 12.0. The fourth-order valence-electron chi connectivity index (χ4n) is 6.66. The molecule has 0 unspecified atom stereocenters. The van der Waals surface area contributed by atoms with Crippen molar-refractivity contribution in [2.24, 2.45) is 23.2 Å². The average Bonchev–Trinajstić information content (AvgIpc) is 2.72. The molecule has 2 aromatic carbocycles. The van der Waals surface area contributed by atoms with Crippen molar-refractivity contribution < 1.29 is 24.5 Å². The summed E-state index contributed by atoms with van der Waals surface area (Å²) in [6, 6.07) is 9.87. The molecule has 0 saturated heterocycles. The number of rotatable bonds is 3. The standard InChI is InChI=1S/C25H26O5/c1-24(2)14-9-17-19(13-7-5-4-6-8-13)20-22(29)15(11-26)21(28)16(12-27)23(20)30-25(17,3)18(24)10-14/h4-8,11-12,14,17-19,28-29H,9-10H2,1-3H3/t14-,17+,18+,19+,25-/m1/s1. The minimum Gasteiger partial charge on any atom is -0.507 e. The number of benzene rings is 2. The second kappa shape index (κ2) is 6.10. The van der Waals surface area contributed by atoms with Gasteiger partial charge in [-0.3, -0.25) is 9.59 Å². The number of aldehydes is 2. The molecule has 5 nitrogen and oxygen atoms in total. The topological polar surface area (TPSA) is 83.8 Å². The first kappa shape index (κ1) is 19.2. The second-order valence-corrected chi connectivity index (χ2v) is 9.83. The summed E-state index contributed by atoms with van der Waals surface area (Å²) in [5.41, 5.74) is 0.690. The van der Waals surface area contributed by atoms with Crippen molar-refractivity contribution in [3.05, 3.63) is 52.6 Å². The molecule has 0 aromatic heterocycles. The minimum atomic E-state index is -0.551. The van der Waals surface area contributed by atoms with E-state index < -0.39 is 11.4 Å². The first-order chi connectivity index (χ1) is 14.3. The molecule has 4 aliphatic rings. The summed E-state index contributed by atoms with van der Waals surface area (Å²) in [6.45, 7) is 6.65. The van der Waals surface area contributed by atoms with Gasteiger partial charge in [-0.25, -0.2) is 0 Å². The maximum Gasteiger partial charge on any atom is 0.157 e. The van der Waals surface area contributed by atoms with Gasteiger partial charge in [-0.05, 0) is 36.7 Å². The third-order valence-corrected chi connectivity index (χ3v) is 8.38. The lowest BCUT2D eigenvalue weighted by molar-refractivity contribution is -0.221. The monoisotopic (exact) mass is 406 g/mol. The molecule has 5 atom stereocenters. The van der Waals surface area contributed by atoms with Crippen LogP contribution in [0, 0.1) is 23.2 Å². The molecule has 6 rings (SSSR count). The molecular formula is C25H26O5. The molecule has 156 valence electrons. The summed E-state index contributed by atoms with van der Waals surface area (Å²) in [5.74, 6) is 0.0939. The van der Waals surface area contributed by atoms with E-state index in [0.717, 1.165) is 18.4 Å². The highest BCUT2D eigenvalue weighted by atomic mass is 16.5. The van der Waals surface area contributed by atoms with Crippen molar-refractivity contribution in [3.8, 4) is 17.2 Å². The quantitative estimate of drug-likeness (QED) is 0.723. The summed E-state index contributed by atoms with van der Waals surface area (Å²) in [7, 11) is 0. The summed E-state index contributed by atoms with van der Waals surface area (Å²) >= 11 is 0. The van der Waals surface area contributed by atoms with Crippen LogP contribution in [-0.2, 0) is 0 Å². The summed E-state index contributed by atoms with van der Waals surface area (Å²) < 4.78 is 6.58. The van der Waals surface area contributed by atoms with Crippen LogP contribution in [0.3, 0.4) is 0 Å². The molecule has 30 heavy (non-hydrogen) atoms. The number of fused-ring (bicyclic) bond motifs is 1. The lowest BCUT2D eigenvalue weighted by Crippen LogP contribution is -2.68. The van der Waals surface area contributed by atoms with Crippen LogP contribution in [0.4, 0.5) is 0 Å². The predicted molar refractivity (Wildman–Crippen MR) is 111 cm³/mol. The van der Waals surface area contributed by atoms with Crippen molar-refractivity contribution in [1.82, 2.24) is 0 Å². The molecule has 0 radical (unpaired) electrons. The van der Waals surface area contributed by atoms with Crippen LogP contribution in [0.25, 0.3) is 0 Å². The van der Waals surface area contributed by atoms with Crippen LogP contribution >= 0.6 is 0 Å². The normalized spacial score (nSPS) is 32.8. The lowest BCUT2D eigenvalue weighted by atomic mass is 9.39. The van der Waals surface area contributed by atoms with Crippen molar-refractivity contribution in [2.45, 2.75) is 45.1 Å². The molecular weight excluding hydrogens is 380 g/mol. The number of aromatic hydroxyl groups is 2. The van der Waals surface area contributed by atoms with Gasteiger partial charge in [0.05, 0.1) is 11.1 Å². The number of carbonyl (C=O) groups excluding carboxylic acids is 2. The Morgan fingerprint density at radius 3 is 2.23 bits per heavy atom. The molecule has 3 saturated carbocycles. The Morgan fingerprint density at radius 1 is 0.967 bits per heavy atom. The van der Waals surface area contributed by atoms with E-state index in [-0.39, 0.29) is 39.9 Å². The van der Waals surface area contributed by atoms with Gasteiger partial charge < -0.3 is 14.9 Å². The van der Waals surface area contributed by atoms with Crippen molar-refractivity contribution in [2.75, 3.05) is 0 Å². The molecule has 5 heteroatoms. The second-order valence-electron chi connectivity index (χ2n) is 9.83. The van der Waals surface area contributed by atoms with Crippen LogP contribution in [0.1, 0.15) is 71.4 Å². The predicted octanol–water partition coefficient (Wildman–Crippen LogP) is 4.69. The highest BCUT2D eigenvalue weighted by Crippen LogP contribution is 2.70. The Morgan fingerprint density at radius 2 is 1.63 bits per heavy atom. The Labute approximate surface area is 175 Å². The van der Waals surface area contributed by atoms with Crippen LogP contribution in [-0.4, -0.2) is 28.4 Å². The minimum absolute atomic E-state index is 0.0650. The van der Waals surface area contributed by atoms with Crippen LogP contribution in [0.5, 0.6) is 17.2 Å². The molecule has 2 aromatic rings. The van der Waals surface area contributed by atoms with Crippen molar-refractivity contribution in [1.29, 1.82) is 0 Å². The molecule has 1 aliphatic heterocycles. The van der Waals surface area contributed by atoms with E-state index >= 15 is 0 Å². The zero-order valence-electron chi connectivity index (χ0n) is 17.4. The largest absolute Gasteiger partial charge is 0.507 e. The number of hydrogen-bond acceptors (Lipinski definition) is 5. The number of phenolic OH excluding ortho intramolecular Hbond substituents is 2. The highest BCUT2D eigenvalue weighted by Gasteiger charge is 2.68. The van der Waals surface area contributed by atoms with Crippen molar-refractivity contribution in [3.63, 3.8) is 0 Å². The van der Waals surface area contributed by atoms with Gasteiger partial charge in [-0.1, -0.05) is 44.2 Å². The highest BCUT2D eigenvalue weighted by molar-refractivity contribution is 5.95. The van der Waals surface area contributed by atoms with Crippen molar-refractivity contribution >= 4 is 12.6 Å². The SMILES string of the molecule is CC1(C)[C@@H]2C[C@H]3[C@H](c4ccccc4)c4c(O)c(C=O)c(O)c(C=O)c4O[C@@]3(C)[C@H]1C2. The zero-order chi connectivity index (χ0) is 21.4. The van der Waals surface area contributed by atoms with E-state index in [0.29, 0.717) is 30.0 Å². The Bertz CT molecular complexity index is 1060. The third-order valence-electron chi connectivity index (χ3n) is 8.38. The first-order valence-electron chi connectivity index (χ1n) is 10.5. The van der Waals surface area contributed by atoms with E-state index in [9.17, 15) is 19.8 Å². The van der Waals surface area contributed by atoms with Gasteiger partial charge in [-0.15, -0.1) is 0 Å². The van der Waals surface area contributed by atoms with Gasteiger partial charge in [0.2, 0.25) is 0 Å². The van der Waals surface area contributed by atoms with E-state index in [4.69, 9.17) is 4.74 Å². The molecule has 0 spiro atoms. The summed E-state index contributed by atoms with van der Waals surface area (Å²) in [4.78, 5) is 23.6. The average molecular weight is 406 g/mol. The molecule has 2 bridgehead atoms. The van der Waals surface area contributed by atoms with Gasteiger partial charge in [0.25, 0.3) is 0 Å². The number of hydrogen-bond donors (Lipinski definition) is 2. The van der Waals surface area contributed by atoms with E-state index in [1.54, 1.807) is 0 Å². The van der Waals surface area contributed by atoms with E-state index in [1.807, 2.05) is 30.3 Å². The van der Waals surface area contributed by atoms with Gasteiger partial charge in [0.15, 0.2) is 12.6 Å². The third kappa shape index (κ3) is 2.18. The zero-order valence-corrected chi connectivity index (χ0v) is 17.4. The number of ether oxygens (including phenoxy) is 1. The molecule has 3 aliphatic carbocycles. The lowest BCUT2D eigenvalue weighted by Gasteiger charge is -2.68. The van der Waals surface area contributed by atoms with Crippen LogP contribution < -0.4 is 4.74 Å². The van der Waals surface area contributed by atoms with E-state index in [1.165, 1.54) is 0 Å². The van der Waals surface area contributed by atoms with E-state index in [2.05, 4.69) is 20.8 Å². The van der Waals surface area contributed by atoms with Gasteiger partial charge in [0.1, 0.15) is 22.8 Å². The summed E-state index contributed by atoms with van der Waals surface area (Å²) in [6.07, 6.45) is 2.92.